The maximum Gasteiger partial charge on any atom is 0.0121 e. The van der Waals surface area contributed by atoms with Crippen molar-refractivity contribution in [3.8, 4) is 0 Å². The Kier molecular flexibility index (Phi) is 3.78. The van der Waals surface area contributed by atoms with Gasteiger partial charge in [-0.1, -0.05) is 33.6 Å². The molecule has 78 valence electrons. The molecule has 13 heavy (non-hydrogen) atoms. The second kappa shape index (κ2) is 4.45. The first-order chi connectivity index (χ1) is 6.06. The predicted molar refractivity (Wildman–Crippen MR) is 58.9 cm³/mol. The third kappa shape index (κ3) is 2.98. The van der Waals surface area contributed by atoms with E-state index in [-0.39, 0.29) is 0 Å². The smallest absolute Gasteiger partial charge is 0.0121 e. The molecule has 2 atom stereocenters. The van der Waals surface area contributed by atoms with Crippen LogP contribution in [0.5, 0.6) is 0 Å². The lowest BCUT2D eigenvalue weighted by Gasteiger charge is -2.40. The third-order valence-electron chi connectivity index (χ3n) is 3.61. The van der Waals surface area contributed by atoms with Crippen molar-refractivity contribution in [2.75, 3.05) is 0 Å². The SMILES string of the molecule is CCC(C)NC1CCCCC1(C)C. The fraction of sp³-hybridized carbons (Fsp3) is 1.00. The fourth-order valence-electron chi connectivity index (χ4n) is 2.26. The van der Waals surface area contributed by atoms with Gasteiger partial charge in [-0.3, -0.25) is 0 Å². The van der Waals surface area contributed by atoms with Crippen LogP contribution < -0.4 is 5.32 Å². The average molecular weight is 183 g/mol. The Morgan fingerprint density at radius 3 is 2.62 bits per heavy atom. The van der Waals surface area contributed by atoms with Gasteiger partial charge in [0.1, 0.15) is 0 Å². The number of hydrogen-bond acceptors (Lipinski definition) is 1. The molecule has 0 aromatic carbocycles. The number of hydrogen-bond donors (Lipinski definition) is 1. The first kappa shape index (κ1) is 11.0. The van der Waals surface area contributed by atoms with E-state index < -0.39 is 0 Å². The van der Waals surface area contributed by atoms with Gasteiger partial charge in [0, 0.05) is 12.1 Å². The zero-order valence-electron chi connectivity index (χ0n) is 9.69. The molecule has 0 amide bonds. The first-order valence-corrected chi connectivity index (χ1v) is 5.82. The molecule has 0 aromatic rings. The van der Waals surface area contributed by atoms with Crippen molar-refractivity contribution in [2.24, 2.45) is 5.41 Å². The third-order valence-corrected chi connectivity index (χ3v) is 3.61. The van der Waals surface area contributed by atoms with E-state index in [1.807, 2.05) is 0 Å². The summed E-state index contributed by atoms with van der Waals surface area (Å²) in [5.41, 5.74) is 0.516. The highest BCUT2D eigenvalue weighted by atomic mass is 15.0. The number of nitrogens with one attached hydrogen (secondary N) is 1. The van der Waals surface area contributed by atoms with Crippen LogP contribution in [0.3, 0.4) is 0 Å². The molecule has 1 nitrogen and oxygen atoms in total. The Labute approximate surface area is 83.3 Å². The molecule has 1 fully saturated rings. The van der Waals surface area contributed by atoms with Crippen LogP contribution in [0.1, 0.15) is 59.8 Å². The van der Waals surface area contributed by atoms with E-state index >= 15 is 0 Å². The summed E-state index contributed by atoms with van der Waals surface area (Å²) in [4.78, 5) is 0. The van der Waals surface area contributed by atoms with Crippen LogP contribution in [0.2, 0.25) is 0 Å². The minimum atomic E-state index is 0.516. The number of rotatable bonds is 3. The molecule has 0 radical (unpaired) electrons. The van der Waals surface area contributed by atoms with Gasteiger partial charge in [0.05, 0.1) is 0 Å². The van der Waals surface area contributed by atoms with E-state index in [9.17, 15) is 0 Å². The maximum atomic E-state index is 3.76. The molecule has 0 aromatic heterocycles. The van der Waals surface area contributed by atoms with Crippen LogP contribution in [-0.4, -0.2) is 12.1 Å². The van der Waals surface area contributed by atoms with E-state index in [1.54, 1.807) is 0 Å². The molecule has 1 rings (SSSR count). The van der Waals surface area contributed by atoms with E-state index in [0.717, 1.165) is 6.04 Å². The summed E-state index contributed by atoms with van der Waals surface area (Å²) >= 11 is 0. The highest BCUT2D eigenvalue weighted by Crippen LogP contribution is 2.35. The zero-order valence-corrected chi connectivity index (χ0v) is 9.69. The Hall–Kier alpha value is -0.0400. The van der Waals surface area contributed by atoms with Crippen LogP contribution in [0.15, 0.2) is 0 Å². The summed E-state index contributed by atoms with van der Waals surface area (Å²) in [5.74, 6) is 0. The van der Waals surface area contributed by atoms with Gasteiger partial charge >= 0.3 is 0 Å². The Morgan fingerprint density at radius 1 is 1.38 bits per heavy atom. The van der Waals surface area contributed by atoms with Gasteiger partial charge < -0.3 is 5.32 Å². The average Bonchev–Trinajstić information content (AvgIpc) is 2.08. The van der Waals surface area contributed by atoms with Gasteiger partial charge in [0.2, 0.25) is 0 Å². The first-order valence-electron chi connectivity index (χ1n) is 5.82. The van der Waals surface area contributed by atoms with Gasteiger partial charge in [-0.25, -0.2) is 0 Å². The van der Waals surface area contributed by atoms with Crippen molar-refractivity contribution in [3.05, 3.63) is 0 Å². The van der Waals surface area contributed by atoms with E-state index in [0.29, 0.717) is 11.5 Å². The minimum absolute atomic E-state index is 0.516. The second-order valence-electron chi connectivity index (χ2n) is 5.26. The van der Waals surface area contributed by atoms with Crippen molar-refractivity contribution in [1.29, 1.82) is 0 Å². The second-order valence-corrected chi connectivity index (χ2v) is 5.26. The predicted octanol–water partition coefficient (Wildman–Crippen LogP) is 3.34. The molecule has 0 bridgehead atoms. The maximum absolute atomic E-state index is 3.76. The standard InChI is InChI=1S/C12H25N/c1-5-10(2)13-11-8-6-7-9-12(11,3)4/h10-11,13H,5-9H2,1-4H3. The Balaban J connectivity index is 2.46. The molecule has 0 heterocycles. The van der Waals surface area contributed by atoms with Crippen LogP contribution >= 0.6 is 0 Å². The highest BCUT2D eigenvalue weighted by Gasteiger charge is 2.32. The van der Waals surface area contributed by atoms with Gasteiger partial charge in [-0.15, -0.1) is 0 Å². The molecule has 1 aliphatic rings. The summed E-state index contributed by atoms with van der Waals surface area (Å²) in [5, 5.41) is 3.76. The van der Waals surface area contributed by atoms with E-state index in [4.69, 9.17) is 0 Å². The van der Waals surface area contributed by atoms with Crippen LogP contribution in [0.4, 0.5) is 0 Å². The lowest BCUT2D eigenvalue weighted by atomic mass is 9.73. The normalized spacial score (nSPS) is 30.0. The van der Waals surface area contributed by atoms with E-state index in [2.05, 4.69) is 33.0 Å². The van der Waals surface area contributed by atoms with Crippen LogP contribution in [0, 0.1) is 5.41 Å². The minimum Gasteiger partial charge on any atom is -0.311 e. The lowest BCUT2D eigenvalue weighted by Crippen LogP contribution is -2.47. The van der Waals surface area contributed by atoms with Crippen LogP contribution in [-0.2, 0) is 0 Å². The summed E-state index contributed by atoms with van der Waals surface area (Å²) < 4.78 is 0. The van der Waals surface area contributed by atoms with Crippen LogP contribution in [0.25, 0.3) is 0 Å². The summed E-state index contributed by atoms with van der Waals surface area (Å²) in [7, 11) is 0. The Bertz CT molecular complexity index is 151. The molecule has 0 aliphatic heterocycles. The molecule has 1 N–H and O–H groups in total. The summed E-state index contributed by atoms with van der Waals surface area (Å²) in [6.07, 6.45) is 6.84. The highest BCUT2D eigenvalue weighted by molar-refractivity contribution is 4.88. The molecule has 1 aliphatic carbocycles. The summed E-state index contributed by atoms with van der Waals surface area (Å²) in [6, 6.07) is 1.43. The molecular formula is C12H25N. The fourth-order valence-corrected chi connectivity index (χ4v) is 2.26. The summed E-state index contributed by atoms with van der Waals surface area (Å²) in [6.45, 7) is 9.37. The molecule has 0 saturated heterocycles. The van der Waals surface area contributed by atoms with Crippen molar-refractivity contribution in [3.63, 3.8) is 0 Å². The Morgan fingerprint density at radius 2 is 2.08 bits per heavy atom. The van der Waals surface area contributed by atoms with Gasteiger partial charge in [0.15, 0.2) is 0 Å². The molecule has 2 unspecified atom stereocenters. The van der Waals surface area contributed by atoms with Crippen molar-refractivity contribution in [1.82, 2.24) is 5.32 Å². The molecule has 1 saturated carbocycles. The van der Waals surface area contributed by atoms with Crippen molar-refractivity contribution in [2.45, 2.75) is 71.9 Å². The largest absolute Gasteiger partial charge is 0.311 e. The monoisotopic (exact) mass is 183 g/mol. The quantitative estimate of drug-likeness (QED) is 0.707. The van der Waals surface area contributed by atoms with Gasteiger partial charge in [0.25, 0.3) is 0 Å². The molecular weight excluding hydrogens is 158 g/mol. The van der Waals surface area contributed by atoms with Gasteiger partial charge in [-0.2, -0.15) is 0 Å². The zero-order chi connectivity index (χ0) is 9.90. The van der Waals surface area contributed by atoms with Crippen molar-refractivity contribution < 1.29 is 0 Å². The van der Waals surface area contributed by atoms with Crippen molar-refractivity contribution >= 4 is 0 Å². The molecule has 0 spiro atoms. The topological polar surface area (TPSA) is 12.0 Å². The lowest BCUT2D eigenvalue weighted by molar-refractivity contribution is 0.156. The van der Waals surface area contributed by atoms with Gasteiger partial charge in [-0.05, 0) is 31.6 Å². The van der Waals surface area contributed by atoms with E-state index in [1.165, 1.54) is 32.1 Å². The molecule has 1 heteroatoms.